The quantitative estimate of drug-likeness (QED) is 0.819. The Morgan fingerprint density at radius 1 is 1.53 bits per heavy atom. The van der Waals surface area contributed by atoms with Gasteiger partial charge in [0, 0.05) is 19.2 Å². The molecular weight excluding hydrogens is 218 g/mol. The first-order chi connectivity index (χ1) is 8.04. The first-order valence-corrected chi connectivity index (χ1v) is 5.61. The number of hydrogen-bond donors (Lipinski definition) is 2. The average Bonchev–Trinajstić information content (AvgIpc) is 2.30. The lowest BCUT2D eigenvalue weighted by molar-refractivity contribution is 0.0933. The Morgan fingerprint density at radius 2 is 2.24 bits per heavy atom. The fourth-order valence-electron chi connectivity index (χ4n) is 1.46. The van der Waals surface area contributed by atoms with Crippen LogP contribution in [0.3, 0.4) is 0 Å². The number of nitrogens with one attached hydrogen (secondary N) is 1. The fourth-order valence-corrected chi connectivity index (χ4v) is 1.46. The lowest BCUT2D eigenvalue weighted by Gasteiger charge is -2.11. The van der Waals surface area contributed by atoms with E-state index in [1.165, 1.54) is 6.07 Å². The molecular formula is C13H19NO3. The molecule has 0 aliphatic heterocycles. The number of ether oxygens (including phenoxy) is 1. The molecule has 0 aromatic heterocycles. The Morgan fingerprint density at radius 3 is 2.82 bits per heavy atom. The standard InChI is InChI=1S/C13H19NO3/c1-9(8-17-3)7-14-13(16)11-5-4-10(2)12(15)6-11/h4-6,9,15H,7-8H2,1-3H3,(H,14,16). The van der Waals surface area contributed by atoms with Crippen LogP contribution in [0, 0.1) is 12.8 Å². The highest BCUT2D eigenvalue weighted by molar-refractivity contribution is 5.94. The van der Waals surface area contributed by atoms with Crippen molar-refractivity contribution in [2.75, 3.05) is 20.3 Å². The molecule has 1 rings (SSSR count). The number of aryl methyl sites for hydroxylation is 1. The summed E-state index contributed by atoms with van der Waals surface area (Å²) in [6, 6.07) is 4.90. The van der Waals surface area contributed by atoms with Crippen LogP contribution in [0.15, 0.2) is 18.2 Å². The molecule has 0 aliphatic rings. The van der Waals surface area contributed by atoms with E-state index in [4.69, 9.17) is 4.74 Å². The van der Waals surface area contributed by atoms with Crippen LogP contribution in [0.1, 0.15) is 22.8 Å². The molecule has 17 heavy (non-hydrogen) atoms. The summed E-state index contributed by atoms with van der Waals surface area (Å²) in [5, 5.41) is 12.3. The number of carbonyl (C=O) groups excluding carboxylic acids is 1. The van der Waals surface area contributed by atoms with Gasteiger partial charge in [-0.3, -0.25) is 4.79 Å². The highest BCUT2D eigenvalue weighted by Gasteiger charge is 2.09. The van der Waals surface area contributed by atoms with Crippen molar-refractivity contribution < 1.29 is 14.6 Å². The van der Waals surface area contributed by atoms with Gasteiger partial charge in [-0.25, -0.2) is 0 Å². The number of methoxy groups -OCH3 is 1. The van der Waals surface area contributed by atoms with E-state index in [-0.39, 0.29) is 17.6 Å². The van der Waals surface area contributed by atoms with Crippen LogP contribution in [0.4, 0.5) is 0 Å². The molecule has 2 N–H and O–H groups in total. The van der Waals surface area contributed by atoms with E-state index in [1.807, 2.05) is 6.92 Å². The summed E-state index contributed by atoms with van der Waals surface area (Å²) in [5.41, 5.74) is 1.23. The maximum atomic E-state index is 11.8. The third-order valence-corrected chi connectivity index (χ3v) is 2.53. The lowest BCUT2D eigenvalue weighted by Crippen LogP contribution is -2.29. The summed E-state index contributed by atoms with van der Waals surface area (Å²) in [7, 11) is 1.64. The second-order valence-electron chi connectivity index (χ2n) is 4.27. The van der Waals surface area contributed by atoms with Crippen molar-refractivity contribution in [1.82, 2.24) is 5.32 Å². The SMILES string of the molecule is COCC(C)CNC(=O)c1ccc(C)c(O)c1. The van der Waals surface area contributed by atoms with Gasteiger partial charge in [0.25, 0.3) is 5.91 Å². The average molecular weight is 237 g/mol. The molecule has 0 saturated heterocycles. The zero-order valence-electron chi connectivity index (χ0n) is 10.5. The van der Waals surface area contributed by atoms with Crippen LogP contribution in [-0.2, 0) is 4.74 Å². The highest BCUT2D eigenvalue weighted by Crippen LogP contribution is 2.17. The third kappa shape index (κ3) is 4.07. The summed E-state index contributed by atoms with van der Waals surface area (Å²) in [6.07, 6.45) is 0. The monoisotopic (exact) mass is 237 g/mol. The molecule has 0 heterocycles. The topological polar surface area (TPSA) is 58.6 Å². The van der Waals surface area contributed by atoms with E-state index in [0.29, 0.717) is 18.7 Å². The second kappa shape index (κ2) is 6.25. The smallest absolute Gasteiger partial charge is 0.251 e. The molecule has 4 heteroatoms. The van der Waals surface area contributed by atoms with Crippen molar-refractivity contribution >= 4 is 5.91 Å². The molecule has 94 valence electrons. The van der Waals surface area contributed by atoms with E-state index < -0.39 is 0 Å². The van der Waals surface area contributed by atoms with Crippen molar-refractivity contribution in [2.45, 2.75) is 13.8 Å². The van der Waals surface area contributed by atoms with Gasteiger partial charge in [0.1, 0.15) is 5.75 Å². The normalized spacial score (nSPS) is 12.2. The predicted octanol–water partition coefficient (Wildman–Crippen LogP) is 1.71. The molecule has 0 aliphatic carbocycles. The van der Waals surface area contributed by atoms with E-state index in [0.717, 1.165) is 5.56 Å². The number of carbonyl (C=O) groups is 1. The number of phenolic OH excluding ortho intramolecular Hbond substituents is 1. The Balaban J connectivity index is 2.55. The van der Waals surface area contributed by atoms with Gasteiger partial charge in [-0.15, -0.1) is 0 Å². The van der Waals surface area contributed by atoms with E-state index in [1.54, 1.807) is 26.2 Å². The minimum Gasteiger partial charge on any atom is -0.508 e. The number of aromatic hydroxyl groups is 1. The van der Waals surface area contributed by atoms with Crippen LogP contribution in [0.2, 0.25) is 0 Å². The molecule has 0 spiro atoms. The van der Waals surface area contributed by atoms with Gasteiger partial charge in [0.2, 0.25) is 0 Å². The fraction of sp³-hybridized carbons (Fsp3) is 0.462. The van der Waals surface area contributed by atoms with Crippen molar-refractivity contribution in [3.8, 4) is 5.75 Å². The number of hydrogen-bond acceptors (Lipinski definition) is 3. The minimum absolute atomic E-state index is 0.141. The first-order valence-electron chi connectivity index (χ1n) is 5.61. The molecule has 1 aromatic carbocycles. The lowest BCUT2D eigenvalue weighted by atomic mass is 10.1. The van der Waals surface area contributed by atoms with Crippen LogP contribution >= 0.6 is 0 Å². The van der Waals surface area contributed by atoms with Crippen molar-refractivity contribution in [3.63, 3.8) is 0 Å². The molecule has 0 saturated carbocycles. The Bertz CT molecular complexity index is 390. The Labute approximate surface area is 102 Å². The minimum atomic E-state index is -0.178. The molecule has 1 amide bonds. The first kappa shape index (κ1) is 13.5. The predicted molar refractivity (Wildman–Crippen MR) is 66.2 cm³/mol. The summed E-state index contributed by atoms with van der Waals surface area (Å²) in [5.74, 6) is 0.230. The maximum absolute atomic E-state index is 11.8. The summed E-state index contributed by atoms with van der Waals surface area (Å²) < 4.78 is 4.99. The van der Waals surface area contributed by atoms with Crippen LogP contribution in [-0.4, -0.2) is 31.3 Å². The van der Waals surface area contributed by atoms with Gasteiger partial charge in [-0.2, -0.15) is 0 Å². The maximum Gasteiger partial charge on any atom is 0.251 e. The molecule has 1 atom stereocenters. The number of amides is 1. The molecule has 4 nitrogen and oxygen atoms in total. The van der Waals surface area contributed by atoms with Crippen molar-refractivity contribution in [1.29, 1.82) is 0 Å². The van der Waals surface area contributed by atoms with Gasteiger partial charge in [0.05, 0.1) is 6.61 Å². The highest BCUT2D eigenvalue weighted by atomic mass is 16.5. The van der Waals surface area contributed by atoms with Gasteiger partial charge >= 0.3 is 0 Å². The molecule has 0 bridgehead atoms. The third-order valence-electron chi connectivity index (χ3n) is 2.53. The summed E-state index contributed by atoms with van der Waals surface area (Å²) in [6.45, 7) is 4.95. The van der Waals surface area contributed by atoms with Crippen molar-refractivity contribution in [3.05, 3.63) is 29.3 Å². The van der Waals surface area contributed by atoms with Crippen LogP contribution in [0.25, 0.3) is 0 Å². The van der Waals surface area contributed by atoms with Gasteiger partial charge in [-0.1, -0.05) is 13.0 Å². The zero-order chi connectivity index (χ0) is 12.8. The molecule has 0 radical (unpaired) electrons. The van der Waals surface area contributed by atoms with Gasteiger partial charge < -0.3 is 15.2 Å². The number of benzene rings is 1. The second-order valence-corrected chi connectivity index (χ2v) is 4.27. The van der Waals surface area contributed by atoms with Crippen LogP contribution < -0.4 is 5.32 Å². The number of phenols is 1. The van der Waals surface area contributed by atoms with Crippen LogP contribution in [0.5, 0.6) is 5.75 Å². The van der Waals surface area contributed by atoms with E-state index >= 15 is 0 Å². The molecule has 1 unspecified atom stereocenters. The Hall–Kier alpha value is -1.55. The Kier molecular flexibility index (Phi) is 4.97. The summed E-state index contributed by atoms with van der Waals surface area (Å²) in [4.78, 5) is 11.8. The van der Waals surface area contributed by atoms with E-state index in [2.05, 4.69) is 5.32 Å². The summed E-state index contributed by atoms with van der Waals surface area (Å²) >= 11 is 0. The zero-order valence-corrected chi connectivity index (χ0v) is 10.5. The van der Waals surface area contributed by atoms with Gasteiger partial charge in [-0.05, 0) is 30.5 Å². The van der Waals surface area contributed by atoms with E-state index in [9.17, 15) is 9.90 Å². The molecule has 1 aromatic rings. The molecule has 0 fully saturated rings. The van der Waals surface area contributed by atoms with Crippen molar-refractivity contribution in [2.24, 2.45) is 5.92 Å². The number of rotatable bonds is 5. The largest absolute Gasteiger partial charge is 0.508 e. The van der Waals surface area contributed by atoms with Gasteiger partial charge in [0.15, 0.2) is 0 Å².